The zero-order valence-corrected chi connectivity index (χ0v) is 28.9. The van der Waals surface area contributed by atoms with Gasteiger partial charge in [-0.2, -0.15) is 8.61 Å². The van der Waals surface area contributed by atoms with Gasteiger partial charge in [0.25, 0.3) is 11.8 Å². The molecule has 11 nitrogen and oxygen atoms in total. The molecule has 0 radical (unpaired) electrons. The van der Waals surface area contributed by atoms with E-state index in [2.05, 4.69) is 41.9 Å². The Bertz CT molecular complexity index is 2040. The van der Waals surface area contributed by atoms with Crippen LogP contribution in [0.3, 0.4) is 0 Å². The maximum Gasteiger partial charge on any atom is 0.257 e. The molecule has 0 fully saturated rings. The molecule has 0 aliphatic carbocycles. The molecule has 2 N–H and O–H groups in total. The Labute approximate surface area is 290 Å². The summed E-state index contributed by atoms with van der Waals surface area (Å²) in [6.07, 6.45) is 5.96. The van der Waals surface area contributed by atoms with Crippen molar-refractivity contribution in [3.8, 4) is 11.3 Å². The third kappa shape index (κ3) is 8.93. The average Bonchev–Trinajstić information content (AvgIpc) is 3.56. The lowest BCUT2D eigenvalue weighted by atomic mass is 10.1. The summed E-state index contributed by atoms with van der Waals surface area (Å²) in [6, 6.07) is 18.2. The molecule has 0 saturated heterocycles. The highest BCUT2D eigenvalue weighted by Crippen LogP contribution is 2.27. The van der Waals surface area contributed by atoms with E-state index in [9.17, 15) is 26.4 Å². The molecule has 0 atom stereocenters. The summed E-state index contributed by atoms with van der Waals surface area (Å²) >= 11 is 1.22. The molecule has 254 valence electrons. The summed E-state index contributed by atoms with van der Waals surface area (Å²) in [6.45, 7) is 14.9. The van der Waals surface area contributed by atoms with Gasteiger partial charge in [-0.05, 0) is 60.7 Å². The minimum atomic E-state index is -3.79. The number of amides is 2. The van der Waals surface area contributed by atoms with Gasteiger partial charge < -0.3 is 5.32 Å². The Morgan fingerprint density at radius 3 is 1.45 bits per heavy atom. The molecule has 4 rings (SSSR count). The van der Waals surface area contributed by atoms with Crippen molar-refractivity contribution in [3.63, 3.8) is 0 Å². The molecule has 49 heavy (non-hydrogen) atoms. The summed E-state index contributed by atoms with van der Waals surface area (Å²) in [4.78, 5) is 30.3. The van der Waals surface area contributed by atoms with Gasteiger partial charge >= 0.3 is 0 Å². The van der Waals surface area contributed by atoms with E-state index in [-0.39, 0.29) is 47.1 Å². The third-order valence-electron chi connectivity index (χ3n) is 7.00. The van der Waals surface area contributed by atoms with Crippen LogP contribution in [0.25, 0.3) is 11.3 Å². The van der Waals surface area contributed by atoms with E-state index >= 15 is 0 Å². The topological polar surface area (TPSA) is 146 Å². The van der Waals surface area contributed by atoms with Crippen molar-refractivity contribution < 1.29 is 26.4 Å². The van der Waals surface area contributed by atoms with Crippen LogP contribution in [0.15, 0.2) is 139 Å². The zero-order valence-electron chi connectivity index (χ0n) is 26.5. The Morgan fingerprint density at radius 1 is 0.633 bits per heavy atom. The normalized spacial score (nSPS) is 11.6. The number of hydrogen-bond donors (Lipinski definition) is 2. The number of hydrogen-bond acceptors (Lipinski definition) is 8. The second kappa shape index (κ2) is 16.4. The van der Waals surface area contributed by atoms with Crippen molar-refractivity contribution in [3.05, 3.63) is 140 Å². The fourth-order valence-electron chi connectivity index (χ4n) is 4.53. The molecular formula is C35H35N5O6S3. The first-order valence-corrected chi connectivity index (χ1v) is 18.5. The predicted molar refractivity (Wildman–Crippen MR) is 195 cm³/mol. The number of nitrogens with zero attached hydrogens (tertiary/aromatic N) is 3. The molecular weight excluding hydrogens is 683 g/mol. The van der Waals surface area contributed by atoms with Crippen molar-refractivity contribution in [2.45, 2.75) is 9.79 Å². The van der Waals surface area contributed by atoms with Crippen LogP contribution in [0.1, 0.15) is 20.7 Å². The van der Waals surface area contributed by atoms with Gasteiger partial charge in [0, 0.05) is 53.9 Å². The molecule has 2 amide bonds. The molecule has 1 heterocycles. The lowest BCUT2D eigenvalue weighted by Crippen LogP contribution is -2.31. The smallest absolute Gasteiger partial charge is 0.257 e. The molecule has 4 aromatic rings. The summed E-state index contributed by atoms with van der Waals surface area (Å²) in [5.74, 6) is -0.866. The highest BCUT2D eigenvalue weighted by atomic mass is 32.2. The lowest BCUT2D eigenvalue weighted by molar-refractivity contribution is 0.101. The molecule has 1 aromatic heterocycles. The van der Waals surface area contributed by atoms with Crippen LogP contribution in [0, 0.1) is 0 Å². The molecule has 0 saturated carbocycles. The Hall–Kier alpha value is -4.99. The first-order valence-electron chi connectivity index (χ1n) is 14.8. The minimum absolute atomic E-state index is 0.0446. The van der Waals surface area contributed by atoms with Gasteiger partial charge in [0.05, 0.1) is 15.5 Å². The van der Waals surface area contributed by atoms with Crippen molar-refractivity contribution in [2.24, 2.45) is 0 Å². The van der Waals surface area contributed by atoms with Gasteiger partial charge in [0.1, 0.15) is 0 Å². The molecule has 0 spiro atoms. The number of nitrogens with one attached hydrogen (secondary N) is 2. The maximum atomic E-state index is 12.9. The average molecular weight is 718 g/mol. The fourth-order valence-corrected chi connectivity index (χ4v) is 8.01. The molecule has 3 aromatic carbocycles. The SMILES string of the molecule is C=CCN(CC=C)S(=O)(=O)c1ccc(C(=O)Nc2ccc(-c3csc(NC(=O)c4ccc(S(=O)(=O)N(CC=C)CC=C)cc4)n3)cc2)cc1. The molecule has 0 unspecified atom stereocenters. The fraction of sp³-hybridized carbons (Fsp3) is 0.114. The van der Waals surface area contributed by atoms with Crippen LogP contribution in [-0.2, 0) is 20.0 Å². The van der Waals surface area contributed by atoms with E-state index in [1.54, 1.807) is 29.6 Å². The Kier molecular flexibility index (Phi) is 12.3. The van der Waals surface area contributed by atoms with E-state index in [0.29, 0.717) is 16.5 Å². The number of carbonyl (C=O) groups is 2. The first-order chi connectivity index (χ1) is 23.4. The number of anilines is 2. The van der Waals surface area contributed by atoms with E-state index in [4.69, 9.17) is 0 Å². The van der Waals surface area contributed by atoms with Crippen LogP contribution in [0.2, 0.25) is 0 Å². The Morgan fingerprint density at radius 2 is 1.04 bits per heavy atom. The quantitative estimate of drug-likeness (QED) is 0.127. The van der Waals surface area contributed by atoms with E-state index in [0.717, 1.165) is 5.56 Å². The second-order valence-corrected chi connectivity index (χ2v) is 15.1. The molecule has 0 aliphatic heterocycles. The Balaban J connectivity index is 1.37. The predicted octanol–water partition coefficient (Wildman–Crippen LogP) is 6.04. The van der Waals surface area contributed by atoms with Crippen molar-refractivity contribution in [1.29, 1.82) is 0 Å². The lowest BCUT2D eigenvalue weighted by Gasteiger charge is -2.19. The number of carbonyl (C=O) groups excluding carboxylic acids is 2. The highest BCUT2D eigenvalue weighted by molar-refractivity contribution is 7.89. The van der Waals surface area contributed by atoms with Gasteiger partial charge in [-0.15, -0.1) is 37.7 Å². The number of thiazole rings is 1. The van der Waals surface area contributed by atoms with Gasteiger partial charge in [-0.3, -0.25) is 14.9 Å². The van der Waals surface area contributed by atoms with Crippen LogP contribution >= 0.6 is 11.3 Å². The minimum Gasteiger partial charge on any atom is -0.322 e. The number of benzene rings is 3. The van der Waals surface area contributed by atoms with E-state index in [1.165, 1.54) is 92.8 Å². The monoisotopic (exact) mass is 717 g/mol. The van der Waals surface area contributed by atoms with E-state index < -0.39 is 31.9 Å². The summed E-state index contributed by atoms with van der Waals surface area (Å²) in [5, 5.41) is 7.64. The zero-order chi connectivity index (χ0) is 35.6. The second-order valence-electron chi connectivity index (χ2n) is 10.4. The number of aromatic nitrogens is 1. The number of sulfonamides is 2. The van der Waals surface area contributed by atoms with Crippen LogP contribution in [-0.4, -0.2) is 68.4 Å². The van der Waals surface area contributed by atoms with Gasteiger partial charge in [0.15, 0.2) is 5.13 Å². The van der Waals surface area contributed by atoms with Crippen LogP contribution < -0.4 is 10.6 Å². The summed E-state index contributed by atoms with van der Waals surface area (Å²) < 4.78 is 54.2. The standard InChI is InChI=1S/C35H35N5O6S3/c1-5-21-39(22-6-2)48(43,44)30-17-11-27(12-18-30)33(41)36-29-15-9-26(10-16-29)32-25-47-35(37-32)38-34(42)28-13-19-31(20-14-28)49(45,46)40(23-7-3)24-8-4/h5-20,25H,1-4,21-24H2,(H,36,41)(H,37,38,42). The molecule has 14 heteroatoms. The maximum absolute atomic E-state index is 12.9. The van der Waals surface area contributed by atoms with Gasteiger partial charge in [0.2, 0.25) is 20.0 Å². The number of rotatable bonds is 17. The van der Waals surface area contributed by atoms with Crippen LogP contribution in [0.5, 0.6) is 0 Å². The van der Waals surface area contributed by atoms with Crippen molar-refractivity contribution in [2.75, 3.05) is 36.8 Å². The summed E-state index contributed by atoms with van der Waals surface area (Å²) in [7, 11) is -7.58. The summed E-state index contributed by atoms with van der Waals surface area (Å²) in [5.41, 5.74) is 2.39. The highest BCUT2D eigenvalue weighted by Gasteiger charge is 2.24. The van der Waals surface area contributed by atoms with Gasteiger partial charge in [-0.25, -0.2) is 21.8 Å². The van der Waals surface area contributed by atoms with E-state index in [1.807, 2.05) is 0 Å². The molecule has 0 aliphatic rings. The van der Waals surface area contributed by atoms with Crippen LogP contribution in [0.4, 0.5) is 10.8 Å². The first kappa shape index (κ1) is 36.8. The van der Waals surface area contributed by atoms with Crippen molar-refractivity contribution >= 4 is 54.0 Å². The molecule has 0 bridgehead atoms. The third-order valence-corrected chi connectivity index (χ3v) is 11.5. The largest absolute Gasteiger partial charge is 0.322 e. The van der Waals surface area contributed by atoms with Crippen molar-refractivity contribution in [1.82, 2.24) is 13.6 Å². The van der Waals surface area contributed by atoms with Gasteiger partial charge in [-0.1, -0.05) is 36.4 Å².